The molecule has 0 aliphatic carbocycles. The summed E-state index contributed by atoms with van der Waals surface area (Å²) in [6.45, 7) is 2.08. The lowest BCUT2D eigenvalue weighted by Gasteiger charge is -2.15. The van der Waals surface area contributed by atoms with Crippen LogP contribution in [0.5, 0.6) is 5.75 Å². The smallest absolute Gasteiger partial charge is 0.193 e. The molecule has 0 saturated heterocycles. The van der Waals surface area contributed by atoms with Gasteiger partial charge in [0.2, 0.25) is 0 Å². The first-order chi connectivity index (χ1) is 9.17. The monoisotopic (exact) mass is 277 g/mol. The van der Waals surface area contributed by atoms with E-state index in [0.717, 1.165) is 23.5 Å². The number of benzene rings is 1. The Hall–Kier alpha value is -1.45. The molecule has 1 aromatic heterocycles. The molecule has 3 rings (SSSR count). The Labute approximate surface area is 117 Å². The van der Waals surface area contributed by atoms with Crippen molar-refractivity contribution in [3.8, 4) is 5.75 Å². The molecular weight excluding hydrogens is 262 g/mol. The minimum absolute atomic E-state index is 0.00806. The zero-order valence-corrected chi connectivity index (χ0v) is 11.7. The Kier molecular flexibility index (Phi) is 3.25. The van der Waals surface area contributed by atoms with Gasteiger partial charge in [-0.3, -0.25) is 0 Å². The van der Waals surface area contributed by atoms with Gasteiger partial charge in [-0.05, 0) is 61.0 Å². The van der Waals surface area contributed by atoms with Gasteiger partial charge in [0, 0.05) is 6.42 Å². The largest absolute Gasteiger partial charge is 0.490 e. The van der Waals surface area contributed by atoms with Gasteiger partial charge in [0.05, 0.1) is 6.04 Å². The average molecular weight is 278 g/mol. The van der Waals surface area contributed by atoms with Crippen molar-refractivity contribution in [1.29, 1.82) is 0 Å². The number of ether oxygens (including phenoxy) is 1. The summed E-state index contributed by atoms with van der Waals surface area (Å²) >= 11 is 5.85. The predicted octanol–water partition coefficient (Wildman–Crippen LogP) is 3.57. The van der Waals surface area contributed by atoms with Crippen LogP contribution in [-0.2, 0) is 6.42 Å². The molecule has 2 atom stereocenters. The third-order valence-corrected chi connectivity index (χ3v) is 3.62. The highest BCUT2D eigenvalue weighted by atomic mass is 35.5. The molecule has 0 radical (unpaired) electrons. The molecule has 3 nitrogen and oxygen atoms in total. The normalized spacial score (nSPS) is 19.0. The van der Waals surface area contributed by atoms with Crippen LogP contribution in [-0.4, -0.2) is 13.2 Å². The van der Waals surface area contributed by atoms with Crippen molar-refractivity contribution in [2.45, 2.75) is 25.5 Å². The van der Waals surface area contributed by atoms with Crippen molar-refractivity contribution < 1.29 is 9.15 Å². The SMILES string of the molecule is CNC(c1ccc2c(c1)CC(C)O2)c1ccc(Cl)o1. The van der Waals surface area contributed by atoms with Crippen molar-refractivity contribution in [3.63, 3.8) is 0 Å². The molecule has 0 bridgehead atoms. The average Bonchev–Trinajstić information content (AvgIpc) is 2.95. The van der Waals surface area contributed by atoms with E-state index in [4.69, 9.17) is 20.8 Å². The van der Waals surface area contributed by atoms with Crippen LogP contribution in [0.25, 0.3) is 0 Å². The summed E-state index contributed by atoms with van der Waals surface area (Å²) in [5.74, 6) is 1.81. The van der Waals surface area contributed by atoms with Gasteiger partial charge in [-0.25, -0.2) is 0 Å². The van der Waals surface area contributed by atoms with E-state index >= 15 is 0 Å². The molecule has 0 spiro atoms. The molecule has 2 aromatic rings. The van der Waals surface area contributed by atoms with Crippen molar-refractivity contribution in [2.75, 3.05) is 7.05 Å². The van der Waals surface area contributed by atoms with Gasteiger partial charge in [0.25, 0.3) is 0 Å². The molecule has 1 aromatic carbocycles. The maximum absolute atomic E-state index is 5.85. The van der Waals surface area contributed by atoms with Crippen molar-refractivity contribution in [3.05, 3.63) is 52.4 Å². The first-order valence-electron chi connectivity index (χ1n) is 6.39. The molecule has 4 heteroatoms. The van der Waals surface area contributed by atoms with E-state index in [2.05, 4.69) is 24.4 Å². The first-order valence-corrected chi connectivity index (χ1v) is 6.77. The quantitative estimate of drug-likeness (QED) is 0.931. The number of rotatable bonds is 3. The molecular formula is C15H16ClNO2. The standard InChI is InChI=1S/C15H16ClNO2/c1-9-7-11-8-10(3-4-12(11)18-9)15(17-2)13-5-6-14(16)19-13/h3-6,8-9,15,17H,7H2,1-2H3. The van der Waals surface area contributed by atoms with Gasteiger partial charge in [-0.1, -0.05) is 6.07 Å². The molecule has 0 saturated carbocycles. The number of furan rings is 1. The fourth-order valence-corrected chi connectivity index (χ4v) is 2.73. The second kappa shape index (κ2) is 4.91. The van der Waals surface area contributed by atoms with Gasteiger partial charge in [-0.2, -0.15) is 0 Å². The van der Waals surface area contributed by atoms with Crippen LogP contribution in [0.2, 0.25) is 5.22 Å². The molecule has 1 aliphatic rings. The summed E-state index contributed by atoms with van der Waals surface area (Å²) in [5.41, 5.74) is 2.41. The van der Waals surface area contributed by atoms with E-state index in [0.29, 0.717) is 5.22 Å². The highest BCUT2D eigenvalue weighted by Gasteiger charge is 2.22. The Balaban J connectivity index is 1.95. The minimum Gasteiger partial charge on any atom is -0.490 e. The van der Waals surface area contributed by atoms with Crippen LogP contribution in [0.3, 0.4) is 0 Å². The maximum Gasteiger partial charge on any atom is 0.193 e. The number of halogens is 1. The molecule has 100 valence electrons. The van der Waals surface area contributed by atoms with Crippen molar-refractivity contribution >= 4 is 11.6 Å². The van der Waals surface area contributed by atoms with Gasteiger partial charge >= 0.3 is 0 Å². The predicted molar refractivity (Wildman–Crippen MR) is 74.9 cm³/mol. The zero-order chi connectivity index (χ0) is 13.4. The molecule has 1 aliphatic heterocycles. The topological polar surface area (TPSA) is 34.4 Å². The molecule has 2 heterocycles. The van der Waals surface area contributed by atoms with E-state index in [1.165, 1.54) is 5.56 Å². The van der Waals surface area contributed by atoms with Crippen molar-refractivity contribution in [1.82, 2.24) is 5.32 Å². The van der Waals surface area contributed by atoms with E-state index in [1.54, 1.807) is 6.07 Å². The van der Waals surface area contributed by atoms with Gasteiger partial charge in [-0.15, -0.1) is 0 Å². The van der Waals surface area contributed by atoms with Crippen LogP contribution in [0.15, 0.2) is 34.7 Å². The molecule has 0 amide bonds. The highest BCUT2D eigenvalue weighted by molar-refractivity contribution is 6.28. The third-order valence-electron chi connectivity index (χ3n) is 3.42. The zero-order valence-electron chi connectivity index (χ0n) is 10.9. The van der Waals surface area contributed by atoms with Crippen molar-refractivity contribution in [2.24, 2.45) is 0 Å². The number of fused-ring (bicyclic) bond motifs is 1. The van der Waals surface area contributed by atoms with Gasteiger partial charge < -0.3 is 14.5 Å². The van der Waals surface area contributed by atoms with E-state index < -0.39 is 0 Å². The summed E-state index contributed by atoms with van der Waals surface area (Å²) in [7, 11) is 1.91. The summed E-state index contributed by atoms with van der Waals surface area (Å²) in [5, 5.41) is 3.67. The minimum atomic E-state index is 0.00806. The van der Waals surface area contributed by atoms with E-state index in [1.807, 2.05) is 19.2 Å². The lowest BCUT2D eigenvalue weighted by Crippen LogP contribution is -2.17. The lowest BCUT2D eigenvalue weighted by molar-refractivity contribution is 0.254. The van der Waals surface area contributed by atoms with E-state index in [-0.39, 0.29) is 12.1 Å². The Morgan fingerprint density at radius 3 is 2.84 bits per heavy atom. The summed E-state index contributed by atoms with van der Waals surface area (Å²) in [6.07, 6.45) is 1.22. The number of hydrogen-bond acceptors (Lipinski definition) is 3. The number of hydrogen-bond donors (Lipinski definition) is 1. The maximum atomic E-state index is 5.85. The molecule has 2 unspecified atom stereocenters. The third kappa shape index (κ3) is 2.36. The second-order valence-corrected chi connectivity index (χ2v) is 5.24. The van der Waals surface area contributed by atoms with Crippen LogP contribution in [0.1, 0.15) is 29.9 Å². The highest BCUT2D eigenvalue weighted by Crippen LogP contribution is 2.33. The van der Waals surface area contributed by atoms with Crippen LogP contribution >= 0.6 is 11.6 Å². The fourth-order valence-electron chi connectivity index (χ4n) is 2.58. The summed E-state index contributed by atoms with van der Waals surface area (Å²) in [4.78, 5) is 0. The number of nitrogens with one attached hydrogen (secondary N) is 1. The Morgan fingerprint density at radius 2 is 2.16 bits per heavy atom. The second-order valence-electron chi connectivity index (χ2n) is 4.86. The van der Waals surface area contributed by atoms with Crippen LogP contribution in [0, 0.1) is 0 Å². The Bertz CT molecular complexity index is 594. The fraction of sp³-hybridized carbons (Fsp3) is 0.333. The molecule has 0 fully saturated rings. The lowest BCUT2D eigenvalue weighted by atomic mass is 10.0. The molecule has 1 N–H and O–H groups in total. The van der Waals surface area contributed by atoms with Crippen LogP contribution in [0.4, 0.5) is 0 Å². The van der Waals surface area contributed by atoms with Gasteiger partial charge in [0.1, 0.15) is 17.6 Å². The summed E-state index contributed by atoms with van der Waals surface area (Å²) in [6, 6.07) is 9.94. The van der Waals surface area contributed by atoms with E-state index in [9.17, 15) is 0 Å². The molecule has 19 heavy (non-hydrogen) atoms. The van der Waals surface area contributed by atoms with Gasteiger partial charge in [0.15, 0.2) is 5.22 Å². The summed E-state index contributed by atoms with van der Waals surface area (Å²) < 4.78 is 11.2. The van der Waals surface area contributed by atoms with Crippen LogP contribution < -0.4 is 10.1 Å². The Morgan fingerprint density at radius 1 is 1.32 bits per heavy atom. The first kappa shape index (κ1) is 12.6.